The number of unbranched alkanes of at least 4 members (excludes halogenated alkanes) is 2. The van der Waals surface area contributed by atoms with E-state index in [2.05, 4.69) is 15.6 Å². The number of aromatic nitrogens is 1. The molecule has 3 heterocycles. The average Bonchev–Trinajstić information content (AvgIpc) is 4.01. The normalized spacial score (nSPS) is 18.2. The van der Waals surface area contributed by atoms with Gasteiger partial charge in [0.25, 0.3) is 5.91 Å². The molecule has 0 bridgehead atoms. The zero-order valence-corrected chi connectivity index (χ0v) is 42.5. The molecule has 1 aromatic heterocycles. The van der Waals surface area contributed by atoms with E-state index in [9.17, 15) is 42.7 Å². The zero-order valence-electron chi connectivity index (χ0n) is 40.8. The molecule has 2 aliphatic rings. The first-order valence-corrected chi connectivity index (χ1v) is 24.9. The molecule has 378 valence electrons. The number of rotatable bonds is 17. The SMILES string of the molecule is Cc1ncsc1-c1ccc(CNC(=O)[C@@H]2C[C@@H](O)CN2C(=O)C(NC(=O)c2ccc(OCCCCCOc3ccc(N4C(=S)C(c5ccc(C#N)c(C(F)(F)F)c5)C(=O)C4(C)C)cc3)cc2)C(C)(C)C)cc1. The Bertz CT molecular complexity index is 2840. The van der Waals surface area contributed by atoms with Gasteiger partial charge in [-0.3, -0.25) is 19.2 Å². The Hall–Kier alpha value is -6.68. The van der Waals surface area contributed by atoms with E-state index in [0.29, 0.717) is 36.0 Å². The van der Waals surface area contributed by atoms with Crippen LogP contribution in [0.2, 0.25) is 0 Å². The molecule has 0 radical (unpaired) electrons. The van der Waals surface area contributed by atoms with E-state index in [1.54, 1.807) is 90.2 Å². The van der Waals surface area contributed by atoms with E-state index in [1.807, 2.05) is 52.0 Å². The predicted molar refractivity (Wildman–Crippen MR) is 272 cm³/mol. The number of nitriles is 1. The molecule has 4 aromatic carbocycles. The molecule has 2 fully saturated rings. The largest absolute Gasteiger partial charge is 0.494 e. The Morgan fingerprint density at radius 1 is 0.944 bits per heavy atom. The van der Waals surface area contributed by atoms with Crippen LogP contribution in [-0.2, 0) is 27.1 Å². The van der Waals surface area contributed by atoms with Crippen molar-refractivity contribution in [1.29, 1.82) is 5.26 Å². The van der Waals surface area contributed by atoms with Gasteiger partial charge in [0.1, 0.15) is 23.6 Å². The molecule has 2 unspecified atom stereocenters. The monoisotopic (exact) mass is 1020 g/mol. The van der Waals surface area contributed by atoms with E-state index < -0.39 is 64.2 Å². The van der Waals surface area contributed by atoms with Crippen molar-refractivity contribution in [2.24, 2.45) is 5.41 Å². The average molecular weight is 1020 g/mol. The van der Waals surface area contributed by atoms with Crippen LogP contribution in [0.5, 0.6) is 11.5 Å². The molecule has 5 aromatic rings. The molecular formula is C54H57F3N6O7S2. The van der Waals surface area contributed by atoms with Crippen LogP contribution in [0, 0.1) is 23.7 Å². The summed E-state index contributed by atoms with van der Waals surface area (Å²) in [7, 11) is 0. The van der Waals surface area contributed by atoms with Crippen molar-refractivity contribution in [3.63, 3.8) is 0 Å². The summed E-state index contributed by atoms with van der Waals surface area (Å²) < 4.78 is 53.1. The molecule has 2 aliphatic heterocycles. The number of halogens is 3. The third-order valence-electron chi connectivity index (χ3n) is 12.9. The molecular weight excluding hydrogens is 966 g/mol. The van der Waals surface area contributed by atoms with E-state index in [-0.39, 0.29) is 41.8 Å². The van der Waals surface area contributed by atoms with Crippen molar-refractivity contribution < 1.29 is 46.9 Å². The molecule has 0 aliphatic carbocycles. The molecule has 18 heteroatoms. The van der Waals surface area contributed by atoms with E-state index in [0.717, 1.165) is 53.1 Å². The summed E-state index contributed by atoms with van der Waals surface area (Å²) in [6.45, 7) is 11.8. The molecule has 3 N–H and O–H groups in total. The number of carbonyl (C=O) groups excluding carboxylic acids is 4. The number of alkyl halides is 3. The smallest absolute Gasteiger partial charge is 0.417 e. The highest BCUT2D eigenvalue weighted by atomic mass is 32.1. The molecule has 2 saturated heterocycles. The fraction of sp³-hybridized carbons (Fsp3) is 0.389. The number of anilines is 1. The van der Waals surface area contributed by atoms with E-state index >= 15 is 0 Å². The van der Waals surface area contributed by atoms with Gasteiger partial charge in [0.05, 0.1) is 69.0 Å². The number of ether oxygens (including phenoxy) is 2. The van der Waals surface area contributed by atoms with Crippen LogP contribution in [0.4, 0.5) is 18.9 Å². The van der Waals surface area contributed by atoms with Gasteiger partial charge in [-0.25, -0.2) is 4.98 Å². The molecule has 7 rings (SSSR count). The maximum Gasteiger partial charge on any atom is 0.417 e. The van der Waals surface area contributed by atoms with Gasteiger partial charge in [0.2, 0.25) is 11.8 Å². The second kappa shape index (κ2) is 22.0. The fourth-order valence-electron chi connectivity index (χ4n) is 8.95. The minimum absolute atomic E-state index is 0.0381. The van der Waals surface area contributed by atoms with Gasteiger partial charge >= 0.3 is 6.18 Å². The van der Waals surface area contributed by atoms with Crippen molar-refractivity contribution in [3.8, 4) is 28.0 Å². The van der Waals surface area contributed by atoms with Gasteiger partial charge in [-0.1, -0.05) is 63.3 Å². The first-order chi connectivity index (χ1) is 34.1. The summed E-state index contributed by atoms with van der Waals surface area (Å²) in [4.78, 5) is 63.4. The predicted octanol–water partition coefficient (Wildman–Crippen LogP) is 9.34. The summed E-state index contributed by atoms with van der Waals surface area (Å²) in [5.74, 6) is -1.62. The number of ketones is 1. The van der Waals surface area contributed by atoms with E-state index in [4.69, 9.17) is 21.7 Å². The number of hydrogen-bond acceptors (Lipinski definition) is 11. The molecule has 0 saturated carbocycles. The number of amides is 3. The van der Waals surface area contributed by atoms with E-state index in [1.165, 1.54) is 11.0 Å². The number of aryl methyl sites for hydroxylation is 1. The minimum atomic E-state index is -4.78. The number of carbonyl (C=O) groups is 4. The Morgan fingerprint density at radius 3 is 2.14 bits per heavy atom. The number of likely N-dealkylation sites (tertiary alicyclic amines) is 1. The maximum absolute atomic E-state index is 14.1. The van der Waals surface area contributed by atoms with Crippen molar-refractivity contribution in [2.45, 2.75) is 110 Å². The van der Waals surface area contributed by atoms with Crippen molar-refractivity contribution in [1.82, 2.24) is 20.5 Å². The maximum atomic E-state index is 14.1. The quantitative estimate of drug-likeness (QED) is 0.0598. The third-order valence-corrected chi connectivity index (χ3v) is 14.3. The Labute approximate surface area is 426 Å². The van der Waals surface area contributed by atoms with Gasteiger partial charge in [0, 0.05) is 30.8 Å². The minimum Gasteiger partial charge on any atom is -0.494 e. The molecule has 0 spiro atoms. The van der Waals surface area contributed by atoms with Crippen molar-refractivity contribution >= 4 is 57.7 Å². The van der Waals surface area contributed by atoms with Crippen LogP contribution >= 0.6 is 23.6 Å². The number of aliphatic hydroxyl groups excluding tert-OH is 1. The number of benzene rings is 4. The third kappa shape index (κ3) is 12.0. The summed E-state index contributed by atoms with van der Waals surface area (Å²) in [5, 5.41) is 25.7. The Morgan fingerprint density at radius 2 is 1.57 bits per heavy atom. The van der Waals surface area contributed by atoms with Crippen LogP contribution in [0.3, 0.4) is 0 Å². The second-order valence-electron chi connectivity index (χ2n) is 19.6. The number of thiocarbonyl (C=S) groups is 1. The number of hydrogen-bond donors (Lipinski definition) is 3. The second-order valence-corrected chi connectivity index (χ2v) is 20.8. The summed E-state index contributed by atoms with van der Waals surface area (Å²) >= 11 is 7.27. The summed E-state index contributed by atoms with van der Waals surface area (Å²) in [6, 6.07) is 24.3. The number of nitrogens with one attached hydrogen (secondary N) is 2. The first kappa shape index (κ1) is 53.1. The first-order valence-electron chi connectivity index (χ1n) is 23.6. The number of aliphatic hydroxyl groups is 1. The van der Waals surface area contributed by atoms with Crippen LogP contribution in [0.25, 0.3) is 10.4 Å². The van der Waals surface area contributed by atoms with Crippen LogP contribution in [0.1, 0.15) is 105 Å². The van der Waals surface area contributed by atoms with Crippen LogP contribution in [-0.4, -0.2) is 87.0 Å². The molecule has 13 nitrogen and oxygen atoms in total. The molecule has 4 atom stereocenters. The standard InChI is InChI=1S/C54H57F3N6O7S2/c1-32-45(72-31-60-32)34-12-10-33(11-13-34)29-59-49(67)43-27-39(64)30-62(43)50(68)46(52(2,3)4)61-48(66)35-16-20-40(21-17-35)69-24-8-7-9-25-70-41-22-18-38(19-23-41)63-51(71)44(47(65)53(63,5)6)36-14-15-37(28-58)42(26-36)54(55,56)57/h10-23,26,31,39,43-44,46,64H,7-9,24-25,27,29-30H2,1-6H3,(H,59,67)(H,61,66)/t39-,43+,44?,46?/m1/s1. The van der Waals surface area contributed by atoms with Crippen LogP contribution < -0.4 is 25.0 Å². The number of β-amino-alcohol motifs (C(OH)–C–C–N with tert-alkyl or cyclic N) is 1. The fourth-order valence-corrected chi connectivity index (χ4v) is 10.3. The van der Waals surface area contributed by atoms with Crippen molar-refractivity contribution in [2.75, 3.05) is 24.7 Å². The highest BCUT2D eigenvalue weighted by molar-refractivity contribution is 7.80. The number of Topliss-reactive ketones (excluding diaryl/α,β-unsaturated/α-hetero) is 1. The Balaban J connectivity index is 0.845. The lowest BCUT2D eigenvalue weighted by Crippen LogP contribution is -2.57. The molecule has 3 amide bonds. The van der Waals surface area contributed by atoms with Gasteiger partial charge < -0.3 is 35.0 Å². The topological polar surface area (TPSA) is 174 Å². The van der Waals surface area contributed by atoms with Gasteiger partial charge in [-0.15, -0.1) is 11.3 Å². The highest BCUT2D eigenvalue weighted by Crippen LogP contribution is 2.43. The number of thiazole rings is 1. The lowest BCUT2D eigenvalue weighted by molar-refractivity contribution is -0.142. The number of nitrogens with zero attached hydrogens (tertiary/aromatic N) is 4. The van der Waals surface area contributed by atoms with Crippen LogP contribution in [0.15, 0.2) is 96.5 Å². The lowest BCUT2D eigenvalue weighted by atomic mass is 9.85. The lowest BCUT2D eigenvalue weighted by Gasteiger charge is -2.35. The zero-order chi connectivity index (χ0) is 52.1. The van der Waals surface area contributed by atoms with Crippen molar-refractivity contribution in [3.05, 3.63) is 130 Å². The van der Waals surface area contributed by atoms with Gasteiger partial charge in [-0.2, -0.15) is 18.4 Å². The van der Waals surface area contributed by atoms with Gasteiger partial charge in [-0.05, 0) is 123 Å². The van der Waals surface area contributed by atoms with Gasteiger partial charge in [0.15, 0.2) is 5.78 Å². The summed E-state index contributed by atoms with van der Waals surface area (Å²) in [5.41, 5.74) is 2.11. The molecule has 72 heavy (non-hydrogen) atoms. The Kier molecular flexibility index (Phi) is 16.2. The summed E-state index contributed by atoms with van der Waals surface area (Å²) in [6.07, 6.45) is -3.34. The highest BCUT2D eigenvalue weighted by Gasteiger charge is 2.52.